The molecule has 0 fully saturated rings. The van der Waals surface area contributed by atoms with E-state index in [-0.39, 0.29) is 24.4 Å². The van der Waals surface area contributed by atoms with Crippen molar-refractivity contribution in [2.75, 3.05) is 18.5 Å². The Bertz CT molecular complexity index is 748. The van der Waals surface area contributed by atoms with Gasteiger partial charge in [-0.2, -0.15) is 0 Å². The second-order valence-electron chi connectivity index (χ2n) is 6.16. The van der Waals surface area contributed by atoms with Gasteiger partial charge in [-0.25, -0.2) is 0 Å². The molecule has 5 heteroatoms. The average Bonchev–Trinajstić information content (AvgIpc) is 2.61. The topological polar surface area (TPSA) is 50.4 Å². The van der Waals surface area contributed by atoms with Gasteiger partial charge in [-0.3, -0.25) is 4.79 Å². The van der Waals surface area contributed by atoms with Gasteiger partial charge in [0.2, 0.25) is 0 Å². The lowest BCUT2D eigenvalue weighted by Gasteiger charge is -2.27. The largest absolute Gasteiger partial charge is 0.491 e. The smallest absolute Gasteiger partial charge is 0.251 e. The molecule has 0 aliphatic carbocycles. The molecule has 1 unspecified atom stereocenters. The van der Waals surface area contributed by atoms with Crippen LogP contribution >= 0.6 is 12.4 Å². The maximum absolute atomic E-state index is 12.7. The number of nitrogens with one attached hydrogen (secondary N) is 2. The predicted molar refractivity (Wildman–Crippen MR) is 97.4 cm³/mol. The highest BCUT2D eigenvalue weighted by molar-refractivity contribution is 5.97. The van der Waals surface area contributed by atoms with Crippen LogP contribution in [-0.4, -0.2) is 25.1 Å². The van der Waals surface area contributed by atoms with Crippen molar-refractivity contribution < 1.29 is 9.53 Å². The third-order valence-corrected chi connectivity index (χ3v) is 4.55. The minimum Gasteiger partial charge on any atom is -0.491 e. The second kappa shape index (κ2) is 7.14. The molecule has 1 atom stereocenters. The fourth-order valence-corrected chi connectivity index (χ4v) is 3.41. The van der Waals surface area contributed by atoms with E-state index in [1.165, 1.54) is 0 Å². The van der Waals surface area contributed by atoms with Crippen LogP contribution in [0.2, 0.25) is 0 Å². The summed E-state index contributed by atoms with van der Waals surface area (Å²) in [7, 11) is 0. The summed E-state index contributed by atoms with van der Waals surface area (Å²) in [6, 6.07) is 13.9. The molecule has 0 bridgehead atoms. The van der Waals surface area contributed by atoms with Crippen molar-refractivity contribution in [2.24, 2.45) is 0 Å². The van der Waals surface area contributed by atoms with E-state index in [9.17, 15) is 4.79 Å². The van der Waals surface area contributed by atoms with E-state index in [1.54, 1.807) is 0 Å². The average molecular weight is 345 g/mol. The number of hydrogen-bond donors (Lipinski definition) is 2. The van der Waals surface area contributed by atoms with E-state index in [0.29, 0.717) is 6.61 Å². The Morgan fingerprint density at radius 3 is 2.96 bits per heavy atom. The van der Waals surface area contributed by atoms with Crippen molar-refractivity contribution >= 4 is 24.0 Å². The highest BCUT2D eigenvalue weighted by atomic mass is 35.5. The van der Waals surface area contributed by atoms with E-state index in [4.69, 9.17) is 4.74 Å². The number of amides is 1. The van der Waals surface area contributed by atoms with Crippen LogP contribution in [0, 0.1) is 0 Å². The standard InChI is InChI=1S/C19H20N2O2.ClH/c22-19(16-6-3-8-17-15(16)7-4-10-20-17)21-14-11-13-5-1-2-9-18(13)23-12-14;/h1-3,5-6,8-9,14,20H,4,7,10-12H2,(H,21,22);1H. The van der Waals surface area contributed by atoms with Crippen LogP contribution in [0.4, 0.5) is 5.69 Å². The van der Waals surface area contributed by atoms with Gasteiger partial charge in [-0.05, 0) is 48.6 Å². The van der Waals surface area contributed by atoms with E-state index in [2.05, 4.69) is 16.7 Å². The summed E-state index contributed by atoms with van der Waals surface area (Å²) in [5.41, 5.74) is 4.16. The van der Waals surface area contributed by atoms with E-state index in [1.807, 2.05) is 36.4 Å². The maximum atomic E-state index is 12.7. The third-order valence-electron chi connectivity index (χ3n) is 4.55. The third kappa shape index (κ3) is 3.20. The van der Waals surface area contributed by atoms with Crippen LogP contribution in [0.25, 0.3) is 0 Å². The lowest BCUT2D eigenvalue weighted by atomic mass is 9.96. The summed E-state index contributed by atoms with van der Waals surface area (Å²) in [5.74, 6) is 0.929. The number of ether oxygens (including phenoxy) is 1. The second-order valence-corrected chi connectivity index (χ2v) is 6.16. The molecule has 2 aliphatic rings. The number of rotatable bonds is 2. The molecule has 0 spiro atoms. The van der Waals surface area contributed by atoms with Crippen LogP contribution in [0.3, 0.4) is 0 Å². The molecule has 4 rings (SSSR count). The molecule has 0 saturated carbocycles. The first-order valence-corrected chi connectivity index (χ1v) is 8.18. The zero-order valence-electron chi connectivity index (χ0n) is 13.4. The molecule has 2 heterocycles. The molecule has 4 nitrogen and oxygen atoms in total. The molecule has 2 aromatic rings. The first-order valence-electron chi connectivity index (χ1n) is 8.18. The molecule has 0 saturated heterocycles. The van der Waals surface area contributed by atoms with Crippen molar-refractivity contribution in [1.82, 2.24) is 5.32 Å². The summed E-state index contributed by atoms with van der Waals surface area (Å²) in [6.07, 6.45) is 2.84. The fourth-order valence-electron chi connectivity index (χ4n) is 3.41. The van der Waals surface area contributed by atoms with Crippen LogP contribution < -0.4 is 15.4 Å². The molecular weight excluding hydrogens is 324 g/mol. The van der Waals surface area contributed by atoms with E-state index < -0.39 is 0 Å². The van der Waals surface area contributed by atoms with Crippen molar-refractivity contribution in [3.63, 3.8) is 0 Å². The number of fused-ring (bicyclic) bond motifs is 2. The summed E-state index contributed by atoms with van der Waals surface area (Å²) < 4.78 is 5.76. The highest BCUT2D eigenvalue weighted by Crippen LogP contribution is 2.27. The quantitative estimate of drug-likeness (QED) is 0.879. The van der Waals surface area contributed by atoms with Gasteiger partial charge >= 0.3 is 0 Å². The molecule has 2 aliphatic heterocycles. The number of benzene rings is 2. The number of anilines is 1. The Balaban J connectivity index is 0.00000169. The number of carbonyl (C=O) groups excluding carboxylic acids is 1. The Hall–Kier alpha value is -2.20. The van der Waals surface area contributed by atoms with Crippen molar-refractivity contribution in [1.29, 1.82) is 0 Å². The van der Waals surface area contributed by atoms with Gasteiger partial charge < -0.3 is 15.4 Å². The first-order chi connectivity index (χ1) is 11.3. The molecule has 24 heavy (non-hydrogen) atoms. The van der Waals surface area contributed by atoms with Gasteiger partial charge in [0.05, 0.1) is 6.04 Å². The van der Waals surface area contributed by atoms with E-state index in [0.717, 1.165) is 53.9 Å². The monoisotopic (exact) mass is 344 g/mol. The van der Waals surface area contributed by atoms with Gasteiger partial charge in [0.15, 0.2) is 0 Å². The Labute approximate surface area is 148 Å². The Morgan fingerprint density at radius 2 is 2.04 bits per heavy atom. The molecule has 1 amide bonds. The zero-order valence-corrected chi connectivity index (χ0v) is 14.2. The summed E-state index contributed by atoms with van der Waals surface area (Å²) in [5, 5.41) is 6.50. The Morgan fingerprint density at radius 1 is 1.17 bits per heavy atom. The molecule has 0 radical (unpaired) electrons. The van der Waals surface area contributed by atoms with Gasteiger partial charge in [0.1, 0.15) is 12.4 Å². The summed E-state index contributed by atoms with van der Waals surface area (Å²) in [4.78, 5) is 12.7. The van der Waals surface area contributed by atoms with Crippen molar-refractivity contribution in [3.8, 4) is 5.75 Å². The zero-order chi connectivity index (χ0) is 15.6. The lowest BCUT2D eigenvalue weighted by molar-refractivity contribution is 0.0914. The maximum Gasteiger partial charge on any atom is 0.251 e. The van der Waals surface area contributed by atoms with Gasteiger partial charge in [0, 0.05) is 17.8 Å². The number of halogens is 1. The summed E-state index contributed by atoms with van der Waals surface area (Å²) >= 11 is 0. The van der Waals surface area contributed by atoms with Gasteiger partial charge in [0.25, 0.3) is 5.91 Å². The number of hydrogen-bond acceptors (Lipinski definition) is 3. The van der Waals surface area contributed by atoms with Crippen LogP contribution in [-0.2, 0) is 12.8 Å². The summed E-state index contributed by atoms with van der Waals surface area (Å²) in [6.45, 7) is 1.50. The highest BCUT2D eigenvalue weighted by Gasteiger charge is 2.23. The van der Waals surface area contributed by atoms with Gasteiger partial charge in [-0.15, -0.1) is 12.4 Å². The minimum absolute atomic E-state index is 0. The normalized spacial score (nSPS) is 18.1. The van der Waals surface area contributed by atoms with Crippen LogP contribution in [0.15, 0.2) is 42.5 Å². The minimum atomic E-state index is -0.00136. The molecule has 126 valence electrons. The first kappa shape index (κ1) is 16.7. The lowest BCUT2D eigenvalue weighted by Crippen LogP contribution is -2.43. The number of carbonyl (C=O) groups is 1. The molecule has 2 aromatic carbocycles. The van der Waals surface area contributed by atoms with Crippen LogP contribution in [0.5, 0.6) is 5.75 Å². The van der Waals surface area contributed by atoms with Crippen molar-refractivity contribution in [3.05, 3.63) is 59.2 Å². The van der Waals surface area contributed by atoms with Crippen LogP contribution in [0.1, 0.15) is 27.9 Å². The predicted octanol–water partition coefficient (Wildman–Crippen LogP) is 3.20. The molecular formula is C19H21ClN2O2. The fraction of sp³-hybridized carbons (Fsp3) is 0.316. The SMILES string of the molecule is Cl.O=C(NC1COc2ccccc2C1)c1cccc2c1CCCN2. The Kier molecular flexibility index (Phi) is 4.95. The number of para-hydroxylation sites is 1. The molecule has 2 N–H and O–H groups in total. The van der Waals surface area contributed by atoms with Crippen molar-refractivity contribution in [2.45, 2.75) is 25.3 Å². The molecule has 0 aromatic heterocycles. The van der Waals surface area contributed by atoms with E-state index >= 15 is 0 Å². The van der Waals surface area contributed by atoms with Gasteiger partial charge in [-0.1, -0.05) is 24.3 Å².